The van der Waals surface area contributed by atoms with Gasteiger partial charge in [-0.1, -0.05) is 41.5 Å². The van der Waals surface area contributed by atoms with E-state index in [2.05, 4.69) is 93.8 Å². The van der Waals surface area contributed by atoms with Gasteiger partial charge in [0.2, 0.25) is 5.95 Å². The fourth-order valence-corrected chi connectivity index (χ4v) is 3.78. The van der Waals surface area contributed by atoms with E-state index in [0.29, 0.717) is 18.1 Å². The van der Waals surface area contributed by atoms with Crippen LogP contribution in [0, 0.1) is 0 Å². The number of hydrogen-bond donors (Lipinski definition) is 4. The van der Waals surface area contributed by atoms with Crippen molar-refractivity contribution in [3.63, 3.8) is 0 Å². The molecule has 0 saturated heterocycles. The molecule has 0 aliphatic heterocycles. The van der Waals surface area contributed by atoms with Gasteiger partial charge in [-0.3, -0.25) is 4.98 Å². The smallest absolute Gasteiger partial charge is 0.202 e. The lowest BCUT2D eigenvalue weighted by Gasteiger charge is -2.13. The minimum atomic E-state index is 0.500. The summed E-state index contributed by atoms with van der Waals surface area (Å²) in [6.45, 7) is 15.3. The number of nitrogens with zero attached hydrogens (tertiary/aromatic N) is 6. The lowest BCUT2D eigenvalue weighted by atomic mass is 10.3. The molecule has 10 nitrogen and oxygen atoms in total. The molecule has 40 heavy (non-hydrogen) atoms. The molecule has 0 spiro atoms. The Hall–Kier alpha value is -2.73. The molecule has 0 bridgehead atoms. The largest absolute Gasteiger partial charge is 0.378 e. The van der Waals surface area contributed by atoms with Crippen LogP contribution in [-0.4, -0.2) is 80.3 Å². The number of anilines is 3. The Kier molecular flexibility index (Phi) is 16.4. The third-order valence-corrected chi connectivity index (χ3v) is 6.42. The van der Waals surface area contributed by atoms with Crippen molar-refractivity contribution in [2.45, 2.75) is 79.3 Å². The van der Waals surface area contributed by atoms with Crippen LogP contribution in [0.25, 0.3) is 0 Å². The van der Waals surface area contributed by atoms with Crippen LogP contribution in [0.5, 0.6) is 0 Å². The zero-order valence-corrected chi connectivity index (χ0v) is 27.6. The Morgan fingerprint density at radius 2 is 1.32 bits per heavy atom. The number of H-pyrrole nitrogens is 1. The van der Waals surface area contributed by atoms with Crippen LogP contribution in [0.3, 0.4) is 0 Å². The van der Waals surface area contributed by atoms with Crippen LogP contribution in [0.15, 0.2) is 29.9 Å². The van der Waals surface area contributed by atoms with Crippen molar-refractivity contribution in [1.82, 2.24) is 35.9 Å². The van der Waals surface area contributed by atoms with E-state index in [0.717, 1.165) is 47.8 Å². The van der Waals surface area contributed by atoms with E-state index < -0.39 is 0 Å². The first-order valence-corrected chi connectivity index (χ1v) is 14.8. The predicted molar refractivity (Wildman–Crippen MR) is 174 cm³/mol. The van der Waals surface area contributed by atoms with E-state index >= 15 is 0 Å². The molecule has 0 atom stereocenters. The predicted octanol–water partition coefficient (Wildman–Crippen LogP) is 4.33. The molecule has 3 heterocycles. The summed E-state index contributed by atoms with van der Waals surface area (Å²) in [6.07, 6.45) is 3.72. The van der Waals surface area contributed by atoms with E-state index in [-0.39, 0.29) is 0 Å². The van der Waals surface area contributed by atoms with Crippen molar-refractivity contribution >= 4 is 28.1 Å². The van der Waals surface area contributed by atoms with Gasteiger partial charge in [0.05, 0.1) is 23.3 Å². The molecular weight excluding hydrogens is 520 g/mol. The summed E-state index contributed by atoms with van der Waals surface area (Å²) in [5.74, 6) is 0.903. The summed E-state index contributed by atoms with van der Waals surface area (Å²) in [4.78, 5) is 22.3. The van der Waals surface area contributed by atoms with E-state index in [9.17, 15) is 0 Å². The molecule has 11 heteroatoms. The van der Waals surface area contributed by atoms with Crippen LogP contribution < -0.4 is 30.7 Å². The van der Waals surface area contributed by atoms with Crippen molar-refractivity contribution in [1.29, 1.82) is 0 Å². The first kappa shape index (κ1) is 35.3. The average molecular weight is 575 g/mol. The van der Waals surface area contributed by atoms with Crippen LogP contribution >= 0.6 is 11.3 Å². The highest BCUT2D eigenvalue weighted by atomic mass is 32.1. The van der Waals surface area contributed by atoms with Crippen molar-refractivity contribution in [3.8, 4) is 0 Å². The number of rotatable bonds is 12. The number of aromatic amines is 1. The van der Waals surface area contributed by atoms with E-state index in [1.807, 2.05) is 70.5 Å². The molecule has 3 rings (SSSR count). The fourth-order valence-electron chi connectivity index (χ4n) is 3.02. The molecule has 0 radical (unpaired) electrons. The molecular formula is C29H54N10S. The summed E-state index contributed by atoms with van der Waals surface area (Å²) in [6, 6.07) is 5.64. The van der Waals surface area contributed by atoms with Gasteiger partial charge in [-0.05, 0) is 12.1 Å². The second-order valence-corrected chi connectivity index (χ2v) is 12.0. The van der Waals surface area contributed by atoms with Crippen LogP contribution in [0.1, 0.15) is 58.6 Å². The van der Waals surface area contributed by atoms with Gasteiger partial charge >= 0.3 is 0 Å². The Morgan fingerprint density at radius 1 is 0.750 bits per heavy atom. The Labute approximate surface area is 247 Å². The highest BCUT2D eigenvalue weighted by Crippen LogP contribution is 2.17. The van der Waals surface area contributed by atoms with E-state index in [1.54, 1.807) is 11.3 Å². The molecule has 3 aromatic rings. The third-order valence-electron chi connectivity index (χ3n) is 5.36. The van der Waals surface area contributed by atoms with Gasteiger partial charge in [-0.15, -0.1) is 11.3 Å². The summed E-state index contributed by atoms with van der Waals surface area (Å²) in [5.41, 5.74) is 4.53. The molecule has 0 fully saturated rings. The summed E-state index contributed by atoms with van der Waals surface area (Å²) in [7, 11) is 12.0. The molecule has 0 aliphatic carbocycles. The van der Waals surface area contributed by atoms with Gasteiger partial charge in [0.25, 0.3) is 0 Å². The molecule has 0 aliphatic rings. The average Bonchev–Trinajstić information content (AvgIpc) is 3.56. The number of hydrogen-bond acceptors (Lipinski definition) is 10. The maximum absolute atomic E-state index is 4.46. The maximum atomic E-state index is 4.46. The lowest BCUT2D eigenvalue weighted by molar-refractivity contribution is 0.581. The zero-order chi connectivity index (χ0) is 30.2. The summed E-state index contributed by atoms with van der Waals surface area (Å²) < 4.78 is 0. The SMILES string of the molecule is CC(C)NCc1cc(N(C)C)ccn1.CC(C)NCc1cnc(N(C)C)[nH]1.CC(C)NCc1csc(N(C)C)n1. The van der Waals surface area contributed by atoms with Crippen molar-refractivity contribution < 1.29 is 0 Å². The summed E-state index contributed by atoms with van der Waals surface area (Å²) >= 11 is 1.68. The maximum Gasteiger partial charge on any atom is 0.202 e. The third kappa shape index (κ3) is 15.2. The zero-order valence-electron chi connectivity index (χ0n) is 26.8. The molecule has 0 saturated carbocycles. The monoisotopic (exact) mass is 574 g/mol. The highest BCUT2D eigenvalue weighted by Gasteiger charge is 2.04. The first-order valence-electron chi connectivity index (χ1n) is 13.9. The minimum Gasteiger partial charge on any atom is -0.378 e. The highest BCUT2D eigenvalue weighted by molar-refractivity contribution is 7.13. The van der Waals surface area contributed by atoms with Crippen molar-refractivity contribution in [2.75, 3.05) is 57.0 Å². The normalized spacial score (nSPS) is 10.8. The number of nitrogens with one attached hydrogen (secondary N) is 4. The molecule has 0 aromatic carbocycles. The topological polar surface area (TPSA) is 100 Å². The Morgan fingerprint density at radius 3 is 1.80 bits per heavy atom. The Bertz CT molecular complexity index is 1000. The van der Waals surface area contributed by atoms with Crippen LogP contribution in [0.2, 0.25) is 0 Å². The van der Waals surface area contributed by atoms with Crippen LogP contribution in [-0.2, 0) is 19.6 Å². The van der Waals surface area contributed by atoms with Gasteiger partial charge in [-0.2, -0.15) is 0 Å². The Balaban J connectivity index is 0.000000300. The van der Waals surface area contributed by atoms with Gasteiger partial charge in [0.1, 0.15) is 0 Å². The lowest BCUT2D eigenvalue weighted by Crippen LogP contribution is -2.22. The standard InChI is InChI=1S/C11H19N3.C9H18N4.C9H17N3S/c1-9(2)13-8-10-7-11(14(3)4)5-6-12-10;1-7(2)10-5-8-6-11-9(12-8)13(3)4;1-7(2)10-5-8-6-13-9(11-8)12(3)4/h5-7,9,13H,8H2,1-4H3;6-7,10H,5H2,1-4H3,(H,11,12);6-7,10H,5H2,1-4H3. The van der Waals surface area contributed by atoms with Gasteiger partial charge in [-0.25, -0.2) is 9.97 Å². The molecule has 0 amide bonds. The van der Waals surface area contributed by atoms with Gasteiger partial charge in [0.15, 0.2) is 5.13 Å². The number of thiazole rings is 1. The van der Waals surface area contributed by atoms with E-state index in [4.69, 9.17) is 0 Å². The quantitative estimate of drug-likeness (QED) is 0.252. The van der Waals surface area contributed by atoms with Crippen LogP contribution in [0.4, 0.5) is 16.8 Å². The molecule has 226 valence electrons. The number of imidazole rings is 1. The van der Waals surface area contributed by atoms with Gasteiger partial charge in [0, 0.05) is 97.3 Å². The second kappa shape index (κ2) is 18.6. The van der Waals surface area contributed by atoms with Gasteiger partial charge < -0.3 is 35.6 Å². The van der Waals surface area contributed by atoms with E-state index in [1.165, 1.54) is 5.69 Å². The summed E-state index contributed by atoms with van der Waals surface area (Å²) in [5, 5.41) is 13.2. The fraction of sp³-hybridized carbons (Fsp3) is 0.621. The minimum absolute atomic E-state index is 0.500. The first-order chi connectivity index (χ1) is 18.8. The molecule has 4 N–H and O–H groups in total. The second-order valence-electron chi connectivity index (χ2n) is 11.1. The number of aromatic nitrogens is 4. The van der Waals surface area contributed by atoms with Crippen molar-refractivity contribution in [2.24, 2.45) is 0 Å². The molecule has 3 aromatic heterocycles. The number of pyridine rings is 1. The molecule has 0 unspecified atom stereocenters. The van der Waals surface area contributed by atoms with Crippen molar-refractivity contribution in [3.05, 3.63) is 47.0 Å².